The fourth-order valence-corrected chi connectivity index (χ4v) is 13.9. The quantitative estimate of drug-likeness (QED) is 0.0362. The molecule has 1 aliphatic rings. The molecule has 84 heavy (non-hydrogen) atoms. The highest BCUT2D eigenvalue weighted by molar-refractivity contribution is 5.70. The maximum Gasteiger partial charge on any atom is 0.309 e. The third-order valence-electron chi connectivity index (χ3n) is 20.1. The SMILES string of the molecule is CCCCCCCCCCCCCCCCCCCCCC[C@@H](C(=O)O)[C@H](O)CCCCCCCCCCCCCCCCCCC[C@@H](C)/C=C/CCCCCCCCCCCC[C@@H]1O[C@H]1[C@H](C)CCCCCCCCCCCCCCCC. The van der Waals surface area contributed by atoms with Crippen LogP contribution in [0.5, 0.6) is 0 Å². The zero-order valence-electron chi connectivity index (χ0n) is 58.2. The Morgan fingerprint density at radius 1 is 0.345 bits per heavy atom. The monoisotopic (exact) mass is 1180 g/mol. The van der Waals surface area contributed by atoms with Crippen LogP contribution in [0.2, 0.25) is 0 Å². The first-order chi connectivity index (χ1) is 41.4. The molecule has 1 saturated heterocycles. The molecule has 4 nitrogen and oxygen atoms in total. The van der Waals surface area contributed by atoms with E-state index in [1.807, 2.05) is 0 Å². The third-order valence-corrected chi connectivity index (χ3v) is 20.1. The summed E-state index contributed by atoms with van der Waals surface area (Å²) in [4.78, 5) is 11.9. The first kappa shape index (κ1) is 81.1. The number of allylic oxidation sites excluding steroid dienone is 2. The van der Waals surface area contributed by atoms with Gasteiger partial charge in [-0.25, -0.2) is 0 Å². The second kappa shape index (κ2) is 66.5. The van der Waals surface area contributed by atoms with Crippen LogP contribution in [0.3, 0.4) is 0 Å². The van der Waals surface area contributed by atoms with Crippen LogP contribution >= 0.6 is 0 Å². The number of aliphatic hydroxyl groups excluding tert-OH is 1. The number of carbonyl (C=O) groups is 1. The predicted molar refractivity (Wildman–Crippen MR) is 374 cm³/mol. The molecule has 2 N–H and O–H groups in total. The van der Waals surface area contributed by atoms with Crippen LogP contribution < -0.4 is 0 Å². The van der Waals surface area contributed by atoms with E-state index in [-0.39, 0.29) is 0 Å². The molecule has 4 heteroatoms. The Morgan fingerprint density at radius 3 is 0.929 bits per heavy atom. The van der Waals surface area contributed by atoms with Crippen molar-refractivity contribution in [2.45, 2.75) is 476 Å². The smallest absolute Gasteiger partial charge is 0.309 e. The minimum atomic E-state index is -0.801. The average molecular weight is 1180 g/mol. The average Bonchev–Trinajstić information content (AvgIpc) is 4.49. The Labute approximate surface area is 529 Å². The molecular formula is C80H156O4. The number of carboxylic acids is 1. The molecule has 6 atom stereocenters. The van der Waals surface area contributed by atoms with Crippen molar-refractivity contribution in [3.8, 4) is 0 Å². The van der Waals surface area contributed by atoms with Crippen molar-refractivity contribution in [3.63, 3.8) is 0 Å². The van der Waals surface area contributed by atoms with Gasteiger partial charge < -0.3 is 14.9 Å². The van der Waals surface area contributed by atoms with E-state index in [1.54, 1.807) is 0 Å². The zero-order chi connectivity index (χ0) is 60.5. The molecule has 1 aliphatic heterocycles. The summed E-state index contributed by atoms with van der Waals surface area (Å²) in [6, 6.07) is 0. The summed E-state index contributed by atoms with van der Waals surface area (Å²) in [7, 11) is 0. The van der Waals surface area contributed by atoms with Crippen LogP contribution in [0.1, 0.15) is 458 Å². The number of epoxide rings is 1. The van der Waals surface area contributed by atoms with Crippen LogP contribution in [0.4, 0.5) is 0 Å². The number of aliphatic carboxylic acids is 1. The van der Waals surface area contributed by atoms with Crippen molar-refractivity contribution in [2.75, 3.05) is 0 Å². The van der Waals surface area contributed by atoms with Gasteiger partial charge in [-0.2, -0.15) is 0 Å². The molecule has 0 aromatic rings. The summed E-state index contributed by atoms with van der Waals surface area (Å²) < 4.78 is 6.14. The minimum Gasteiger partial charge on any atom is -0.481 e. The first-order valence-electron chi connectivity index (χ1n) is 39.6. The van der Waals surface area contributed by atoms with Gasteiger partial charge in [0.15, 0.2) is 0 Å². The topological polar surface area (TPSA) is 70.1 Å². The van der Waals surface area contributed by atoms with Gasteiger partial charge in [0.25, 0.3) is 0 Å². The number of carboxylic acid groups (broad SMARTS) is 1. The lowest BCUT2D eigenvalue weighted by Gasteiger charge is -2.19. The van der Waals surface area contributed by atoms with Crippen molar-refractivity contribution >= 4 is 5.97 Å². The molecule has 1 rings (SSSR count). The summed E-state index contributed by atoms with van der Waals surface area (Å²) >= 11 is 0. The van der Waals surface area contributed by atoms with E-state index in [1.165, 1.54) is 392 Å². The molecular weight excluding hydrogens is 1020 g/mol. The molecule has 0 spiro atoms. The lowest BCUT2D eigenvalue weighted by molar-refractivity contribution is -0.146. The van der Waals surface area contributed by atoms with Gasteiger partial charge in [0.2, 0.25) is 0 Å². The molecule has 0 radical (unpaired) electrons. The molecule has 1 fully saturated rings. The fraction of sp³-hybridized carbons (Fsp3) is 0.963. The fourth-order valence-electron chi connectivity index (χ4n) is 13.9. The van der Waals surface area contributed by atoms with Crippen molar-refractivity contribution in [3.05, 3.63) is 12.2 Å². The molecule has 0 saturated carbocycles. The number of hydrogen-bond acceptors (Lipinski definition) is 3. The third kappa shape index (κ3) is 58.8. The number of ether oxygens (including phenoxy) is 1. The molecule has 500 valence electrons. The summed E-state index contributed by atoms with van der Waals surface area (Å²) in [5.74, 6) is 0.125. The van der Waals surface area contributed by atoms with E-state index in [0.717, 1.165) is 37.5 Å². The maximum atomic E-state index is 11.9. The van der Waals surface area contributed by atoms with Gasteiger partial charge in [-0.1, -0.05) is 425 Å². The van der Waals surface area contributed by atoms with Gasteiger partial charge >= 0.3 is 5.97 Å². The normalized spacial score (nSPS) is 15.8. The number of hydrogen-bond donors (Lipinski definition) is 2. The van der Waals surface area contributed by atoms with Crippen molar-refractivity contribution in [1.29, 1.82) is 0 Å². The highest BCUT2D eigenvalue weighted by atomic mass is 16.6. The van der Waals surface area contributed by atoms with E-state index in [0.29, 0.717) is 25.0 Å². The largest absolute Gasteiger partial charge is 0.481 e. The van der Waals surface area contributed by atoms with Gasteiger partial charge in [-0.05, 0) is 56.8 Å². The number of aliphatic hydroxyl groups is 1. The van der Waals surface area contributed by atoms with E-state index in [4.69, 9.17) is 4.74 Å². The van der Waals surface area contributed by atoms with Crippen LogP contribution in [0.15, 0.2) is 12.2 Å². The summed E-state index contributed by atoms with van der Waals surface area (Å²) in [6.45, 7) is 9.48. The van der Waals surface area contributed by atoms with Gasteiger partial charge in [0.05, 0.1) is 24.2 Å². The van der Waals surface area contributed by atoms with Gasteiger partial charge in [0.1, 0.15) is 0 Å². The molecule has 0 aromatic heterocycles. The minimum absolute atomic E-state index is 0.581. The highest BCUT2D eigenvalue weighted by Crippen LogP contribution is 2.36. The molecule has 0 bridgehead atoms. The van der Waals surface area contributed by atoms with E-state index < -0.39 is 18.0 Å². The molecule has 0 unspecified atom stereocenters. The van der Waals surface area contributed by atoms with Crippen LogP contribution in [0, 0.1) is 17.8 Å². The van der Waals surface area contributed by atoms with Crippen LogP contribution in [-0.2, 0) is 9.53 Å². The summed E-state index contributed by atoms with van der Waals surface area (Å²) in [6.07, 6.45) is 96.4. The molecule has 0 aromatic carbocycles. The Kier molecular flexibility index (Phi) is 64.3. The lowest BCUT2D eigenvalue weighted by atomic mass is 9.91. The van der Waals surface area contributed by atoms with Crippen LogP contribution in [-0.4, -0.2) is 34.5 Å². The molecule has 0 amide bonds. The predicted octanol–water partition coefficient (Wildman–Crippen LogP) is 27.8. The van der Waals surface area contributed by atoms with Gasteiger partial charge in [-0.15, -0.1) is 0 Å². The summed E-state index contributed by atoms with van der Waals surface area (Å²) in [5.41, 5.74) is 0. The first-order valence-corrected chi connectivity index (χ1v) is 39.6. The van der Waals surface area contributed by atoms with E-state index in [9.17, 15) is 15.0 Å². The van der Waals surface area contributed by atoms with Crippen molar-refractivity contribution < 1.29 is 19.7 Å². The van der Waals surface area contributed by atoms with Crippen molar-refractivity contribution in [2.24, 2.45) is 17.8 Å². The molecule has 1 heterocycles. The van der Waals surface area contributed by atoms with Crippen LogP contribution in [0.25, 0.3) is 0 Å². The lowest BCUT2D eigenvalue weighted by Crippen LogP contribution is -2.28. The zero-order valence-corrected chi connectivity index (χ0v) is 58.2. The van der Waals surface area contributed by atoms with Gasteiger partial charge in [-0.3, -0.25) is 4.79 Å². The Morgan fingerprint density at radius 2 is 0.607 bits per heavy atom. The Balaban J connectivity index is 1.76. The van der Waals surface area contributed by atoms with Crippen molar-refractivity contribution in [1.82, 2.24) is 0 Å². The van der Waals surface area contributed by atoms with E-state index in [2.05, 4.69) is 39.8 Å². The maximum absolute atomic E-state index is 11.9. The highest BCUT2D eigenvalue weighted by Gasteiger charge is 2.41. The molecule has 0 aliphatic carbocycles. The number of unbranched alkanes of at least 4 members (excludes halogenated alkanes) is 58. The number of rotatable bonds is 73. The van der Waals surface area contributed by atoms with Gasteiger partial charge in [0, 0.05) is 0 Å². The Bertz CT molecular complexity index is 1300. The summed E-state index contributed by atoms with van der Waals surface area (Å²) in [5, 5.41) is 20.5. The second-order valence-corrected chi connectivity index (χ2v) is 28.6. The Hall–Kier alpha value is -0.870. The second-order valence-electron chi connectivity index (χ2n) is 28.6. The standard InChI is InChI=1S/C80H156O4/c1-5-7-9-11-13-15-17-19-21-22-23-24-27-30-34-41-47-53-59-65-71-76(80(82)83)77(81)72-66-60-54-48-42-35-31-28-25-26-29-32-38-44-50-56-62-68-74(3)69-63-57-51-45-39-36-37-43-49-55-61-67-73-78-79(84-78)75(4)70-64-58-52-46-40-33-20-18-16-14-12-10-8-6-2/h63,69,74-79,81H,5-62,64-68,70-73H2,1-4H3,(H,82,83)/b69-63+/t74-,75-,76-,77-,78+,79+/m1/s1. The van der Waals surface area contributed by atoms with E-state index >= 15 is 0 Å².